The molecular weight excluding hydrogens is 856 g/mol. The summed E-state index contributed by atoms with van der Waals surface area (Å²) in [6.07, 6.45) is 23.8. The van der Waals surface area contributed by atoms with Gasteiger partial charge in [-0.25, -0.2) is 0 Å². The van der Waals surface area contributed by atoms with Gasteiger partial charge in [0.2, 0.25) is 0 Å². The van der Waals surface area contributed by atoms with Gasteiger partial charge in [0.05, 0.1) is 17.0 Å². The fraction of sp³-hybridized carbons (Fsp3) is 0.500. The monoisotopic (exact) mass is 924 g/mol. The SMILES string of the molecule is C1CCC([PH+](C2CCCCC2)C2CCCCC2)CC1.Cc1cc(C)c(N2[CH-]N(c3c(C)cc(C)cc3C)CC2)c(C)c1.[Cl][Ru]([Cl])=[C]1c2ccccc2-c2ccccc21. The summed E-state index contributed by atoms with van der Waals surface area (Å²) in [6.45, 7) is 17.6. The molecule has 4 fully saturated rings. The second-order valence-electron chi connectivity index (χ2n) is 18.1. The van der Waals surface area contributed by atoms with E-state index in [0.717, 1.165) is 13.1 Å². The van der Waals surface area contributed by atoms with Crippen LogP contribution in [-0.4, -0.2) is 34.2 Å². The van der Waals surface area contributed by atoms with Crippen molar-refractivity contribution in [2.45, 2.75) is 155 Å². The van der Waals surface area contributed by atoms with Crippen molar-refractivity contribution in [1.82, 2.24) is 0 Å². The summed E-state index contributed by atoms with van der Waals surface area (Å²) in [7, 11) is 12.4. The molecule has 1 heterocycles. The molecule has 314 valence electrons. The van der Waals surface area contributed by atoms with Crippen molar-refractivity contribution >= 4 is 42.8 Å². The van der Waals surface area contributed by atoms with Gasteiger partial charge in [-0.2, -0.15) is 6.67 Å². The van der Waals surface area contributed by atoms with Crippen LogP contribution >= 0.6 is 27.3 Å². The van der Waals surface area contributed by atoms with Crippen LogP contribution in [0.4, 0.5) is 11.4 Å². The Bertz CT molecular complexity index is 1840. The topological polar surface area (TPSA) is 6.48 Å². The average Bonchev–Trinajstić information content (AvgIpc) is 3.82. The van der Waals surface area contributed by atoms with E-state index in [0.29, 0.717) is 0 Å². The van der Waals surface area contributed by atoms with Gasteiger partial charge in [0.15, 0.2) is 0 Å². The zero-order valence-electron chi connectivity index (χ0n) is 36.3. The summed E-state index contributed by atoms with van der Waals surface area (Å²) < 4.78 is 1.17. The molecule has 58 heavy (non-hydrogen) atoms. The molecule has 5 aliphatic rings. The fourth-order valence-corrected chi connectivity index (χ4v) is 19.9. The number of nitrogens with zero attached hydrogens (tertiary/aromatic N) is 2. The van der Waals surface area contributed by atoms with E-state index in [4.69, 9.17) is 19.4 Å². The molecule has 4 aliphatic carbocycles. The number of anilines is 2. The summed E-state index contributed by atoms with van der Waals surface area (Å²) in [5, 5.41) is 0. The zero-order valence-corrected chi connectivity index (χ0v) is 40.5. The van der Waals surface area contributed by atoms with Crippen molar-refractivity contribution in [2.24, 2.45) is 0 Å². The third kappa shape index (κ3) is 10.4. The van der Waals surface area contributed by atoms with Gasteiger partial charge in [0.25, 0.3) is 0 Å². The molecule has 0 aromatic heterocycles. The maximum atomic E-state index is 6.21. The number of rotatable bonds is 5. The molecule has 0 unspecified atom stereocenters. The first-order chi connectivity index (χ1) is 28.1. The third-order valence-corrected chi connectivity index (χ3v) is 21.4. The summed E-state index contributed by atoms with van der Waals surface area (Å²) in [5.74, 6) is 0. The maximum absolute atomic E-state index is 6.21. The molecule has 9 rings (SSSR count). The molecular formula is C52H69Cl2N2PRu. The predicted octanol–water partition coefficient (Wildman–Crippen LogP) is 15.3. The summed E-state index contributed by atoms with van der Waals surface area (Å²) >= 11 is -1.88. The van der Waals surface area contributed by atoms with Gasteiger partial charge in [0.1, 0.15) is 0 Å². The van der Waals surface area contributed by atoms with Crippen molar-refractivity contribution < 1.29 is 13.5 Å². The van der Waals surface area contributed by atoms with Crippen molar-refractivity contribution in [3.8, 4) is 11.1 Å². The van der Waals surface area contributed by atoms with Crippen LogP contribution in [0.25, 0.3) is 11.1 Å². The predicted molar refractivity (Wildman–Crippen MR) is 256 cm³/mol. The number of halogens is 2. The Morgan fingerprint density at radius 1 is 0.483 bits per heavy atom. The van der Waals surface area contributed by atoms with E-state index in [1.165, 1.54) is 88.1 Å². The minimum absolute atomic E-state index is 0.0465. The normalized spacial score (nSPS) is 19.0. The Kier molecular flexibility index (Phi) is 15.7. The molecule has 4 aromatic rings. The van der Waals surface area contributed by atoms with Gasteiger partial charge in [-0.3, -0.25) is 0 Å². The van der Waals surface area contributed by atoms with Crippen LogP contribution in [-0.2, 0) is 13.5 Å². The fourth-order valence-electron chi connectivity index (χ4n) is 11.5. The zero-order chi connectivity index (χ0) is 40.8. The number of hydrogen-bond donors (Lipinski definition) is 0. The van der Waals surface area contributed by atoms with Crippen molar-refractivity contribution in [3.63, 3.8) is 0 Å². The molecule has 0 amide bonds. The van der Waals surface area contributed by atoms with Crippen LogP contribution < -0.4 is 9.80 Å². The van der Waals surface area contributed by atoms with E-state index in [9.17, 15) is 0 Å². The van der Waals surface area contributed by atoms with Crippen molar-refractivity contribution in [1.29, 1.82) is 0 Å². The van der Waals surface area contributed by atoms with Gasteiger partial charge in [-0.1, -0.05) is 54.7 Å². The van der Waals surface area contributed by atoms with Gasteiger partial charge >= 0.3 is 108 Å². The molecule has 1 aliphatic heterocycles. The van der Waals surface area contributed by atoms with Crippen LogP contribution in [0.1, 0.15) is 141 Å². The first kappa shape index (κ1) is 44.1. The van der Waals surface area contributed by atoms with Gasteiger partial charge < -0.3 is 9.80 Å². The second kappa shape index (κ2) is 20.7. The van der Waals surface area contributed by atoms with Crippen LogP contribution in [0.2, 0.25) is 0 Å². The second-order valence-corrected chi connectivity index (χ2v) is 27.3. The Balaban J connectivity index is 0.000000135. The van der Waals surface area contributed by atoms with E-state index < -0.39 is 13.5 Å². The Morgan fingerprint density at radius 2 is 0.793 bits per heavy atom. The Morgan fingerprint density at radius 3 is 1.10 bits per heavy atom. The van der Waals surface area contributed by atoms with Gasteiger partial charge in [0, 0.05) is 32.4 Å². The van der Waals surface area contributed by atoms with Crippen molar-refractivity contribution in [3.05, 3.63) is 124 Å². The van der Waals surface area contributed by atoms with Crippen LogP contribution in [0.5, 0.6) is 0 Å². The molecule has 0 radical (unpaired) electrons. The minimum atomic E-state index is -1.88. The molecule has 2 nitrogen and oxygen atoms in total. The number of fused-ring (bicyclic) bond motifs is 3. The standard InChI is InChI=1S/C21H27N2.C18H33P.C13H8.2ClH.Ru/c1-14-9-16(3)20(17(4)10-14)22-7-8-23(13-22)21-18(5)11-15(2)12-19(21)6;1-4-10-16(11-5-1)19(17-12-6-2-7-13-17)18-14-8-3-9-15-18;1-3-7-12-10(5-1)9-11-6-2-4-8-13(11)12;;;/h9-13H,7-8H2,1-6H3;16-18H,1-15H2;1-8H;2*1H;/q-1;;;;;+2/p-1. The number of hydrogen-bond acceptors (Lipinski definition) is 2. The number of aryl methyl sites for hydroxylation is 6. The molecule has 0 spiro atoms. The average molecular weight is 925 g/mol. The van der Waals surface area contributed by atoms with Crippen molar-refractivity contribution in [2.75, 3.05) is 22.9 Å². The molecule has 0 N–H and O–H groups in total. The summed E-state index contributed by atoms with van der Waals surface area (Å²) in [4.78, 5) is 4.81. The van der Waals surface area contributed by atoms with E-state index in [1.54, 1.807) is 96.3 Å². The molecule has 3 saturated carbocycles. The van der Waals surface area contributed by atoms with E-state index in [1.807, 2.05) is 12.1 Å². The molecule has 6 heteroatoms. The molecule has 1 saturated heterocycles. The molecule has 0 bridgehead atoms. The molecule has 4 aromatic carbocycles. The van der Waals surface area contributed by atoms with Crippen LogP contribution in [0, 0.1) is 48.2 Å². The van der Waals surface area contributed by atoms with Crippen LogP contribution in [0.15, 0.2) is 72.8 Å². The van der Waals surface area contributed by atoms with Gasteiger partial charge in [-0.15, -0.1) is 0 Å². The summed E-state index contributed by atoms with van der Waals surface area (Å²) in [5.41, 5.74) is 19.5. The Hall–Kier alpha value is -2.02. The molecule has 0 atom stereocenters. The van der Waals surface area contributed by atoms with Crippen LogP contribution in [0.3, 0.4) is 0 Å². The van der Waals surface area contributed by atoms with E-state index in [2.05, 4.69) is 119 Å². The Labute approximate surface area is 366 Å². The number of benzene rings is 4. The quantitative estimate of drug-likeness (QED) is 0.0984. The van der Waals surface area contributed by atoms with E-state index >= 15 is 0 Å². The third-order valence-electron chi connectivity index (χ3n) is 13.7. The first-order valence-corrected chi connectivity index (χ1v) is 29.6. The first-order valence-electron chi connectivity index (χ1n) is 22.6. The van der Waals surface area contributed by atoms with Gasteiger partial charge in [-0.05, 0) is 141 Å². The van der Waals surface area contributed by atoms with E-state index in [-0.39, 0.29) is 7.92 Å². The summed E-state index contributed by atoms with van der Waals surface area (Å²) in [6, 6.07) is 25.8.